The normalized spacial score (nSPS) is 16.5. The molecule has 0 unspecified atom stereocenters. The van der Waals surface area contributed by atoms with Crippen molar-refractivity contribution in [1.82, 2.24) is 46.7 Å². The average Bonchev–Trinajstić information content (AvgIpc) is 4.39. The van der Waals surface area contributed by atoms with Crippen molar-refractivity contribution in [2.24, 2.45) is 29.4 Å². The van der Waals surface area contributed by atoms with Crippen LogP contribution in [0.3, 0.4) is 0 Å². The van der Waals surface area contributed by atoms with Crippen molar-refractivity contribution < 1.29 is 62.1 Å². The van der Waals surface area contributed by atoms with Gasteiger partial charge in [-0.2, -0.15) is 0 Å². The Balaban J connectivity index is 1.38. The van der Waals surface area contributed by atoms with E-state index in [-0.39, 0.29) is 62.1 Å². The molecule has 3 aromatic rings. The maximum Gasteiger partial charge on any atom is 0.408 e. The Morgan fingerprint density at radius 2 is 1.45 bits per heavy atom. The van der Waals surface area contributed by atoms with E-state index >= 15 is 0 Å². The van der Waals surface area contributed by atoms with E-state index in [9.17, 15) is 43.2 Å². The lowest BCUT2D eigenvalue weighted by Crippen LogP contribution is -2.62. The molecule has 25 heteroatoms. The van der Waals surface area contributed by atoms with E-state index < -0.39 is 107 Å². The lowest BCUT2D eigenvalue weighted by Gasteiger charge is -2.41. The summed E-state index contributed by atoms with van der Waals surface area (Å²) in [6.07, 6.45) is 1.41. The van der Waals surface area contributed by atoms with Crippen molar-refractivity contribution in [3.05, 3.63) is 82.3 Å². The van der Waals surface area contributed by atoms with Crippen molar-refractivity contribution in [2.75, 3.05) is 39.7 Å². The van der Waals surface area contributed by atoms with E-state index in [2.05, 4.69) is 42.2 Å². The van der Waals surface area contributed by atoms with Crippen LogP contribution < -0.4 is 43.0 Å². The molecule has 1 fully saturated rings. The van der Waals surface area contributed by atoms with Crippen LogP contribution in [0.4, 0.5) is 20.1 Å². The summed E-state index contributed by atoms with van der Waals surface area (Å²) in [4.78, 5) is 130. The fraction of sp³-hybridized carbons (Fsp3) is 0.619. The fourth-order valence-electron chi connectivity index (χ4n) is 10.5. The predicted octanol–water partition coefficient (Wildman–Crippen LogP) is 6.73. The van der Waals surface area contributed by atoms with Crippen LogP contribution in [0.5, 0.6) is 0 Å². The summed E-state index contributed by atoms with van der Waals surface area (Å²) in [5, 5.41) is 21.9. The summed E-state index contributed by atoms with van der Waals surface area (Å²) in [7, 11) is 4.70. The Hall–Kier alpha value is -7.38. The molecule has 488 valence electrons. The summed E-state index contributed by atoms with van der Waals surface area (Å²) in [5.41, 5.74) is 4.74. The molecule has 2 aromatic carbocycles. The van der Waals surface area contributed by atoms with Crippen LogP contribution in [-0.4, -0.2) is 156 Å². The lowest BCUT2D eigenvalue weighted by atomic mass is 9.89. The van der Waals surface area contributed by atoms with Gasteiger partial charge in [-0.15, -0.1) is 11.3 Å². The van der Waals surface area contributed by atoms with Gasteiger partial charge in [-0.3, -0.25) is 28.8 Å². The van der Waals surface area contributed by atoms with E-state index in [4.69, 9.17) is 24.7 Å². The van der Waals surface area contributed by atoms with Crippen molar-refractivity contribution >= 4 is 70.7 Å². The quantitative estimate of drug-likeness (QED) is 0.0301. The number of nitrogens with zero attached hydrogens (tertiary/aromatic N) is 3. The van der Waals surface area contributed by atoms with Crippen LogP contribution in [0.1, 0.15) is 144 Å². The average molecular weight is 1250 g/mol. The Morgan fingerprint density at radius 1 is 0.795 bits per heavy atom. The molecule has 1 aliphatic rings. The van der Waals surface area contributed by atoms with Gasteiger partial charge in [-0.05, 0) is 108 Å². The van der Waals surface area contributed by atoms with Crippen LogP contribution in [0.15, 0.2) is 66.2 Å². The molecule has 0 radical (unpaired) electrons. The molecule has 1 aromatic heterocycles. The number of primary amides is 1. The molecule has 24 nitrogen and oxygen atoms in total. The van der Waals surface area contributed by atoms with Crippen LogP contribution in [0.2, 0.25) is 0 Å². The molecule has 0 bridgehead atoms. The maximum atomic E-state index is 14.7. The monoisotopic (exact) mass is 1250 g/mol. The number of hydrogen-bond acceptors (Lipinski definition) is 15. The number of nitrogens with two attached hydrogens (primary N) is 1. The minimum Gasteiger partial charge on any atom is -0.445 e. The first-order chi connectivity index (χ1) is 41.4. The number of thiazole rings is 1. The van der Waals surface area contributed by atoms with Crippen molar-refractivity contribution in [3.63, 3.8) is 0 Å². The number of carbonyl (C=O) groups is 9. The Morgan fingerprint density at radius 3 is 2.02 bits per heavy atom. The zero-order chi connectivity index (χ0) is 65.6. The van der Waals surface area contributed by atoms with Gasteiger partial charge in [0.15, 0.2) is 0 Å². The summed E-state index contributed by atoms with van der Waals surface area (Å²) in [6, 6.07) is 10.9. The highest BCUT2D eigenvalue weighted by Crippen LogP contribution is 2.31. The van der Waals surface area contributed by atoms with Gasteiger partial charge in [0.1, 0.15) is 40.9 Å². The number of likely N-dealkylation sites (N-methyl/N-ethyl adjacent to an activating group) is 1. The number of urea groups is 1. The number of rotatable bonds is 32. The largest absolute Gasteiger partial charge is 0.445 e. The molecule has 0 aliphatic carbocycles. The number of carbonyl (C=O) groups excluding carboxylic acids is 9. The second-order valence-electron chi connectivity index (χ2n) is 24.8. The highest BCUT2D eigenvalue weighted by molar-refractivity contribution is 7.09. The maximum absolute atomic E-state index is 14.7. The number of likely N-dealkylation sites (tertiary alicyclic amines) is 1. The van der Waals surface area contributed by atoms with Crippen LogP contribution in [0, 0.1) is 23.7 Å². The van der Waals surface area contributed by atoms with Crippen molar-refractivity contribution in [1.29, 1.82) is 0 Å². The predicted molar refractivity (Wildman–Crippen MR) is 335 cm³/mol. The van der Waals surface area contributed by atoms with Gasteiger partial charge < -0.3 is 71.7 Å². The van der Waals surface area contributed by atoms with Crippen molar-refractivity contribution in [3.8, 4) is 0 Å². The van der Waals surface area contributed by atoms with E-state index in [1.54, 1.807) is 103 Å². The third kappa shape index (κ3) is 22.3. The molecule has 1 aliphatic heterocycles. The number of aromatic nitrogens is 1. The molecular weight excluding hydrogens is 1150 g/mol. The number of hydrogen-bond donors (Lipinski definition) is 8. The van der Waals surface area contributed by atoms with E-state index in [1.165, 1.54) is 32.3 Å². The van der Waals surface area contributed by atoms with E-state index in [1.807, 2.05) is 56.5 Å². The second-order valence-corrected chi connectivity index (χ2v) is 25.7. The van der Waals surface area contributed by atoms with Gasteiger partial charge in [0, 0.05) is 51.6 Å². The van der Waals surface area contributed by atoms with Crippen LogP contribution >= 0.6 is 11.3 Å². The smallest absolute Gasteiger partial charge is 0.408 e. The van der Waals surface area contributed by atoms with E-state index in [0.717, 1.165) is 10.6 Å². The molecule has 1 saturated heterocycles. The lowest BCUT2D eigenvalue weighted by molar-refractivity contribution is -0.148. The molecule has 88 heavy (non-hydrogen) atoms. The molecule has 2 heterocycles. The molecule has 10 amide bonds. The summed E-state index contributed by atoms with van der Waals surface area (Å²) >= 11 is 1.47. The standard InChI is InChI=1S/C63H97N11O13S/c1-16-39(6)51(47(84-14)35-48(75)74-32-21-25-46(74)52(85-15)40(7)53(76)69-45(56-65-31-33-88-56)34-41-22-18-17-19-23-41)73(13)57(79)50(38(4)5)70-58(80)63(11,12)72-61(83)86-36-42-26-28-43(29-27-42)67-54(77)44(24-20-30-66-59(64)81)68-55(78)49(37(2)3)71-60(82)87-62(8,9)10/h17-19,22-23,26-29,31,33,37-40,44-47,49-52H,16,20-21,24-25,30,32,34-36H2,1-15H3,(H,67,77)(H,68,78)(H,69,76)(H,70,80)(H,71,82)(H,72,83)(H3,64,66,81)/t39-,40+,44-,45-,46-,47+,49-,50-,51-,52+/m0/s1. The number of ether oxygens (including phenoxy) is 4. The molecule has 0 saturated carbocycles. The van der Waals surface area contributed by atoms with Gasteiger partial charge >= 0.3 is 18.2 Å². The molecule has 10 atom stereocenters. The highest BCUT2D eigenvalue weighted by Gasteiger charge is 2.44. The van der Waals surface area contributed by atoms with Gasteiger partial charge in [-0.1, -0.05) is 97.4 Å². The number of amides is 10. The first-order valence-electron chi connectivity index (χ1n) is 30.3. The summed E-state index contributed by atoms with van der Waals surface area (Å²) in [6.45, 7) is 21.2. The Bertz CT molecular complexity index is 2760. The first-order valence-corrected chi connectivity index (χ1v) is 31.1. The number of nitrogens with one attached hydrogen (secondary N) is 7. The van der Waals surface area contributed by atoms with Crippen LogP contribution in [-0.2, 0) is 60.7 Å². The van der Waals surface area contributed by atoms with Crippen LogP contribution in [0.25, 0.3) is 0 Å². The molecule has 0 spiro atoms. The Labute approximate surface area is 523 Å². The fourth-order valence-corrected chi connectivity index (χ4v) is 11.2. The third-order valence-electron chi connectivity index (χ3n) is 15.6. The topological polar surface area (TPSA) is 320 Å². The zero-order valence-electron chi connectivity index (χ0n) is 54.0. The zero-order valence-corrected chi connectivity index (χ0v) is 54.8. The first kappa shape index (κ1) is 73.1. The molecule has 4 rings (SSSR count). The van der Waals surface area contributed by atoms with Gasteiger partial charge in [0.05, 0.1) is 42.7 Å². The molecule has 9 N–H and O–H groups in total. The Kier molecular flexibility index (Phi) is 28.6. The number of benzene rings is 2. The van der Waals surface area contributed by atoms with Crippen molar-refractivity contribution in [2.45, 2.75) is 194 Å². The highest BCUT2D eigenvalue weighted by atomic mass is 32.1. The number of alkyl carbamates (subject to hydrolysis) is 2. The molecular formula is C63H97N11O13S. The van der Waals surface area contributed by atoms with Gasteiger partial charge in [0.2, 0.25) is 35.4 Å². The second kappa shape index (κ2) is 34.4. The van der Waals surface area contributed by atoms with Gasteiger partial charge in [-0.25, -0.2) is 19.4 Å². The minimum atomic E-state index is -1.58. The SMILES string of the molecule is CC[C@H](C)[C@@H]([C@@H](CC(=O)N1CCC[C@H]1[C@H](OC)[C@@H](C)C(=O)N[C@@H](Cc1ccccc1)c1nccs1)OC)N(C)C(=O)[C@@H](NC(=O)C(C)(C)NC(=O)OCc1ccc(NC(=O)[C@H](CCCNC(N)=O)NC(=O)[C@@H](NC(=O)OC(C)(C)C)C(C)C)cc1)C(C)C. The number of methoxy groups -OCH3 is 2. The van der Waals surface area contributed by atoms with Gasteiger partial charge in [0.25, 0.3) is 0 Å². The number of anilines is 1. The third-order valence-corrected chi connectivity index (χ3v) is 16.5. The summed E-state index contributed by atoms with van der Waals surface area (Å²) in [5.74, 6) is -4.30. The minimum absolute atomic E-state index is 0.0715. The summed E-state index contributed by atoms with van der Waals surface area (Å²) < 4.78 is 23.0. The van der Waals surface area contributed by atoms with E-state index in [0.29, 0.717) is 43.5 Å².